The van der Waals surface area contributed by atoms with E-state index in [0.717, 1.165) is 11.3 Å². The van der Waals surface area contributed by atoms with Crippen LogP contribution in [0.25, 0.3) is 0 Å². The quantitative estimate of drug-likeness (QED) is 0.464. The lowest BCUT2D eigenvalue weighted by molar-refractivity contribution is -0.384. The van der Waals surface area contributed by atoms with Crippen LogP contribution >= 0.6 is 11.3 Å². The SMILES string of the molecule is O=C(c1ccccc1)c1cc([N+](=O)[O-])[c]s1. The monoisotopic (exact) mass is 232 g/mol. The van der Waals surface area contributed by atoms with Gasteiger partial charge in [0.2, 0.25) is 5.78 Å². The third kappa shape index (κ3) is 1.99. The van der Waals surface area contributed by atoms with Crippen molar-refractivity contribution in [3.05, 3.63) is 62.3 Å². The highest BCUT2D eigenvalue weighted by molar-refractivity contribution is 7.12. The number of hydrogen-bond donors (Lipinski definition) is 0. The molecular weight excluding hydrogens is 226 g/mol. The maximum absolute atomic E-state index is 11.9. The van der Waals surface area contributed by atoms with E-state index in [4.69, 9.17) is 0 Å². The second kappa shape index (κ2) is 4.24. The molecular formula is C11H6NO3S. The minimum absolute atomic E-state index is 0.163. The van der Waals surface area contributed by atoms with Gasteiger partial charge >= 0.3 is 0 Å². The summed E-state index contributed by atoms with van der Waals surface area (Å²) in [4.78, 5) is 22.1. The molecule has 0 saturated heterocycles. The van der Waals surface area contributed by atoms with E-state index >= 15 is 0 Å². The Balaban J connectivity index is 2.31. The molecule has 0 fully saturated rings. The number of rotatable bonds is 3. The first-order valence-electron chi connectivity index (χ1n) is 4.44. The Morgan fingerprint density at radius 1 is 1.31 bits per heavy atom. The van der Waals surface area contributed by atoms with Crippen LogP contribution in [0.4, 0.5) is 5.69 Å². The van der Waals surface area contributed by atoms with Gasteiger partial charge in [0.15, 0.2) is 0 Å². The zero-order chi connectivity index (χ0) is 11.5. The highest BCUT2D eigenvalue weighted by atomic mass is 32.1. The minimum Gasteiger partial charge on any atom is -0.288 e. The summed E-state index contributed by atoms with van der Waals surface area (Å²) in [6, 6.07) is 9.90. The first-order valence-corrected chi connectivity index (χ1v) is 5.26. The fourth-order valence-electron chi connectivity index (χ4n) is 1.22. The van der Waals surface area contributed by atoms with Crippen molar-refractivity contribution in [1.29, 1.82) is 0 Å². The molecule has 0 bridgehead atoms. The third-order valence-electron chi connectivity index (χ3n) is 1.99. The maximum atomic E-state index is 11.9. The zero-order valence-corrected chi connectivity index (χ0v) is 8.86. The lowest BCUT2D eigenvalue weighted by Crippen LogP contribution is -1.97. The maximum Gasteiger partial charge on any atom is 0.289 e. The molecule has 0 aliphatic rings. The minimum atomic E-state index is -0.557. The molecule has 1 aromatic heterocycles. The van der Waals surface area contributed by atoms with Crippen LogP contribution in [-0.4, -0.2) is 10.7 Å². The van der Waals surface area contributed by atoms with Crippen molar-refractivity contribution in [2.24, 2.45) is 0 Å². The van der Waals surface area contributed by atoms with Crippen molar-refractivity contribution in [2.75, 3.05) is 0 Å². The van der Waals surface area contributed by atoms with E-state index < -0.39 is 4.92 Å². The van der Waals surface area contributed by atoms with Crippen molar-refractivity contribution in [3.8, 4) is 0 Å². The van der Waals surface area contributed by atoms with Gasteiger partial charge in [-0.2, -0.15) is 0 Å². The standard InChI is InChI=1S/C11H6NO3S/c13-11(8-4-2-1-3-5-8)10-6-9(7-16-10)12(14)15/h1-6H. The first kappa shape index (κ1) is 10.5. The third-order valence-corrected chi connectivity index (χ3v) is 2.82. The number of carbonyl (C=O) groups is 1. The van der Waals surface area contributed by atoms with Crippen LogP contribution in [0.5, 0.6) is 0 Å². The van der Waals surface area contributed by atoms with E-state index in [1.54, 1.807) is 30.3 Å². The molecule has 0 amide bonds. The van der Waals surface area contributed by atoms with Crippen LogP contribution in [0.3, 0.4) is 0 Å². The van der Waals surface area contributed by atoms with E-state index in [1.165, 1.54) is 6.07 Å². The van der Waals surface area contributed by atoms with Crippen LogP contribution < -0.4 is 0 Å². The summed E-state index contributed by atoms with van der Waals surface area (Å²) in [5.74, 6) is -0.213. The van der Waals surface area contributed by atoms with Gasteiger partial charge in [0.1, 0.15) is 5.38 Å². The van der Waals surface area contributed by atoms with Gasteiger partial charge in [-0.25, -0.2) is 0 Å². The van der Waals surface area contributed by atoms with Crippen LogP contribution in [0.2, 0.25) is 0 Å². The Morgan fingerprint density at radius 3 is 2.56 bits per heavy atom. The Hall–Kier alpha value is -2.01. The highest BCUT2D eigenvalue weighted by Crippen LogP contribution is 2.22. The molecule has 2 aromatic rings. The number of nitro groups is 1. The van der Waals surface area contributed by atoms with Crippen LogP contribution in [0.15, 0.2) is 36.4 Å². The number of hydrogen-bond acceptors (Lipinski definition) is 4. The molecule has 0 spiro atoms. The molecule has 0 unspecified atom stereocenters. The zero-order valence-electron chi connectivity index (χ0n) is 8.04. The molecule has 0 saturated carbocycles. The number of thiophene rings is 1. The van der Waals surface area contributed by atoms with Crippen LogP contribution in [0, 0.1) is 15.5 Å². The predicted octanol–water partition coefficient (Wildman–Crippen LogP) is 2.69. The normalized spacial score (nSPS) is 10.0. The molecule has 0 N–H and O–H groups in total. The van der Waals surface area contributed by atoms with Gasteiger partial charge in [0.25, 0.3) is 5.69 Å². The molecule has 79 valence electrons. The van der Waals surface area contributed by atoms with Crippen LogP contribution in [0.1, 0.15) is 15.2 Å². The van der Waals surface area contributed by atoms with Crippen molar-refractivity contribution in [1.82, 2.24) is 0 Å². The molecule has 5 heteroatoms. The average molecular weight is 232 g/mol. The Labute approximate surface area is 95.3 Å². The number of benzene rings is 1. The summed E-state index contributed by atoms with van der Waals surface area (Å²) in [5.41, 5.74) is 0.358. The van der Waals surface area contributed by atoms with Gasteiger partial charge in [-0.05, 0) is 0 Å². The second-order valence-corrected chi connectivity index (χ2v) is 3.90. The number of ketones is 1. The van der Waals surface area contributed by atoms with Crippen LogP contribution in [-0.2, 0) is 0 Å². The molecule has 2 rings (SSSR count). The Kier molecular flexibility index (Phi) is 2.78. The summed E-state index contributed by atoms with van der Waals surface area (Å²) in [6.45, 7) is 0. The van der Waals surface area contributed by atoms with Gasteiger partial charge in [-0.1, -0.05) is 30.3 Å². The van der Waals surface area contributed by atoms with E-state index in [1.807, 2.05) is 0 Å². The lowest BCUT2D eigenvalue weighted by Gasteiger charge is -1.95. The summed E-state index contributed by atoms with van der Waals surface area (Å²) in [5, 5.41) is 12.9. The van der Waals surface area contributed by atoms with Gasteiger partial charge in [-0.3, -0.25) is 14.9 Å². The smallest absolute Gasteiger partial charge is 0.288 e. The Bertz CT molecular complexity index is 533. The summed E-state index contributed by atoms with van der Waals surface area (Å²) in [6.07, 6.45) is 0. The predicted molar refractivity (Wildman–Crippen MR) is 59.7 cm³/mol. The van der Waals surface area contributed by atoms with Crippen molar-refractivity contribution in [3.63, 3.8) is 0 Å². The topological polar surface area (TPSA) is 60.2 Å². The lowest BCUT2D eigenvalue weighted by atomic mass is 10.1. The summed E-state index contributed by atoms with van der Waals surface area (Å²) >= 11 is 0.965. The summed E-state index contributed by atoms with van der Waals surface area (Å²) in [7, 11) is 0. The molecule has 4 nitrogen and oxygen atoms in total. The molecule has 16 heavy (non-hydrogen) atoms. The van der Waals surface area contributed by atoms with E-state index in [0.29, 0.717) is 10.4 Å². The number of carbonyl (C=O) groups excluding carboxylic acids is 1. The van der Waals surface area contributed by atoms with Crippen molar-refractivity contribution >= 4 is 22.8 Å². The van der Waals surface area contributed by atoms with E-state index in [2.05, 4.69) is 5.38 Å². The largest absolute Gasteiger partial charge is 0.289 e. The number of nitrogens with zero attached hydrogens (tertiary/aromatic N) is 1. The molecule has 1 radical (unpaired) electrons. The fraction of sp³-hybridized carbons (Fsp3) is 0. The van der Waals surface area contributed by atoms with Crippen molar-refractivity contribution < 1.29 is 9.72 Å². The summed E-state index contributed by atoms with van der Waals surface area (Å²) < 4.78 is 0. The average Bonchev–Trinajstić information content (AvgIpc) is 2.78. The fourth-order valence-corrected chi connectivity index (χ4v) is 1.95. The molecule has 0 aliphatic heterocycles. The molecule has 0 aliphatic carbocycles. The molecule has 1 aromatic carbocycles. The molecule has 1 heterocycles. The Morgan fingerprint density at radius 2 is 2.00 bits per heavy atom. The highest BCUT2D eigenvalue weighted by Gasteiger charge is 2.16. The van der Waals surface area contributed by atoms with Crippen molar-refractivity contribution in [2.45, 2.75) is 0 Å². The second-order valence-electron chi connectivity index (χ2n) is 3.05. The first-order chi connectivity index (χ1) is 7.68. The van der Waals surface area contributed by atoms with Gasteiger partial charge in [-0.15, -0.1) is 11.3 Å². The van der Waals surface area contributed by atoms with E-state index in [-0.39, 0.29) is 11.5 Å². The van der Waals surface area contributed by atoms with Gasteiger partial charge in [0, 0.05) is 11.6 Å². The van der Waals surface area contributed by atoms with Gasteiger partial charge in [0.05, 0.1) is 9.80 Å². The van der Waals surface area contributed by atoms with Gasteiger partial charge < -0.3 is 0 Å². The molecule has 0 atom stereocenters. The van der Waals surface area contributed by atoms with E-state index in [9.17, 15) is 14.9 Å².